The highest BCUT2D eigenvalue weighted by molar-refractivity contribution is 6.44. The summed E-state index contributed by atoms with van der Waals surface area (Å²) in [5.41, 5.74) is 2.06. The van der Waals surface area contributed by atoms with Gasteiger partial charge in [-0.3, -0.25) is 0 Å². The fraction of sp³-hybridized carbons (Fsp3) is 0. The summed E-state index contributed by atoms with van der Waals surface area (Å²) in [4.78, 5) is 4.03. The van der Waals surface area contributed by atoms with Crippen LogP contribution in [-0.2, 0) is 0 Å². The monoisotopic (exact) mass is 181 g/mol. The number of rotatable bonds is 2. The summed E-state index contributed by atoms with van der Waals surface area (Å²) in [5.74, 6) is 2.10. The molecule has 0 spiro atoms. The van der Waals surface area contributed by atoms with Crippen molar-refractivity contribution in [3.8, 4) is 17.2 Å². The molecule has 0 aliphatic rings. The second kappa shape index (κ2) is 3.80. The van der Waals surface area contributed by atoms with Crippen LogP contribution in [0.1, 0.15) is 0 Å². The van der Waals surface area contributed by atoms with Gasteiger partial charge in [-0.1, -0.05) is 30.3 Å². The lowest BCUT2D eigenvalue weighted by atomic mass is 9.97. The maximum Gasteiger partial charge on any atom is 0.365 e. The topological polar surface area (TPSA) is 41.6 Å². The molecule has 0 fully saturated rings. The lowest BCUT2D eigenvalue weighted by Crippen LogP contribution is -2.03. The molecule has 4 heteroatoms. The van der Waals surface area contributed by atoms with E-state index in [4.69, 9.17) is 5.26 Å². The van der Waals surface area contributed by atoms with Crippen molar-refractivity contribution in [1.29, 1.82) is 5.26 Å². The van der Waals surface area contributed by atoms with Crippen LogP contribution < -0.4 is 0 Å². The fourth-order valence-corrected chi connectivity index (χ4v) is 1.37. The van der Waals surface area contributed by atoms with E-state index < -0.39 is 0 Å². The highest BCUT2D eigenvalue weighted by atomic mass is 15.0. The van der Waals surface area contributed by atoms with Gasteiger partial charge in [0.25, 0.3) is 0 Å². The van der Waals surface area contributed by atoms with E-state index in [1.54, 1.807) is 12.5 Å². The number of imidazole rings is 1. The van der Waals surface area contributed by atoms with Crippen LogP contribution in [0, 0.1) is 11.2 Å². The smallest absolute Gasteiger partial charge is 0.364 e. The third kappa shape index (κ3) is 1.53. The molecule has 1 aromatic carbocycles. The number of hydrogen-bond acceptors (Lipinski definition) is 2. The molecule has 1 aromatic heterocycles. The van der Waals surface area contributed by atoms with Crippen LogP contribution in [0.3, 0.4) is 0 Å². The molecule has 3 nitrogen and oxygen atoms in total. The molecule has 14 heavy (non-hydrogen) atoms. The minimum absolute atomic E-state index is 0.338. The summed E-state index contributed by atoms with van der Waals surface area (Å²) in [6, 6.07) is 9.92. The predicted molar refractivity (Wildman–Crippen MR) is 55.8 cm³/mol. The van der Waals surface area contributed by atoms with E-state index in [1.165, 1.54) is 0 Å². The second-order valence-electron chi connectivity index (χ2n) is 2.93. The van der Waals surface area contributed by atoms with Crippen molar-refractivity contribution < 1.29 is 0 Å². The Morgan fingerprint density at radius 2 is 2.07 bits per heavy atom. The number of aromatic nitrogens is 2. The average Bonchev–Trinajstić information content (AvgIpc) is 2.68. The summed E-state index contributed by atoms with van der Waals surface area (Å²) in [6.07, 6.45) is 3.44. The van der Waals surface area contributed by atoms with Gasteiger partial charge < -0.3 is 4.48 Å². The molecule has 0 aliphatic carbocycles. The van der Waals surface area contributed by atoms with Crippen LogP contribution in [-0.4, -0.2) is 16.9 Å². The van der Waals surface area contributed by atoms with E-state index in [2.05, 4.69) is 11.0 Å². The van der Waals surface area contributed by atoms with Crippen molar-refractivity contribution in [1.82, 2.24) is 9.46 Å². The van der Waals surface area contributed by atoms with Gasteiger partial charge in [-0.2, -0.15) is 0 Å². The zero-order chi connectivity index (χ0) is 9.80. The Balaban J connectivity index is 2.43. The van der Waals surface area contributed by atoms with Gasteiger partial charge in [0.15, 0.2) is 0 Å². The van der Waals surface area contributed by atoms with Crippen LogP contribution in [0.4, 0.5) is 0 Å². The summed E-state index contributed by atoms with van der Waals surface area (Å²) in [7, 11) is 0.338. The molecule has 1 heterocycles. The SMILES string of the molecule is N#CBn1cncc1-c1ccccc1. The number of hydrogen-bond donors (Lipinski definition) is 0. The second-order valence-corrected chi connectivity index (χ2v) is 2.93. The molecule has 0 aliphatic heterocycles. The first kappa shape index (κ1) is 8.58. The molecule has 0 unspecified atom stereocenters. The number of nitriles is 1. The van der Waals surface area contributed by atoms with Gasteiger partial charge in [0.1, 0.15) is 0 Å². The largest absolute Gasteiger partial charge is 0.365 e. The molecule has 66 valence electrons. The maximum absolute atomic E-state index is 8.61. The Kier molecular flexibility index (Phi) is 2.33. The molecular formula is C10H8BN3. The van der Waals surface area contributed by atoms with Crippen LogP contribution in [0.2, 0.25) is 0 Å². The van der Waals surface area contributed by atoms with Crippen LogP contribution in [0.25, 0.3) is 11.3 Å². The molecule has 0 saturated heterocycles. The Morgan fingerprint density at radius 3 is 2.79 bits per heavy atom. The van der Waals surface area contributed by atoms with E-state index >= 15 is 0 Å². The van der Waals surface area contributed by atoms with Gasteiger partial charge in [0, 0.05) is 5.97 Å². The number of benzene rings is 1. The minimum atomic E-state index is 0.338. The van der Waals surface area contributed by atoms with Gasteiger partial charge in [-0.25, -0.2) is 10.2 Å². The lowest BCUT2D eigenvalue weighted by Gasteiger charge is -2.02. The molecule has 0 N–H and O–H groups in total. The average molecular weight is 181 g/mol. The summed E-state index contributed by atoms with van der Waals surface area (Å²) in [5, 5.41) is 8.61. The molecule has 0 saturated carbocycles. The van der Waals surface area contributed by atoms with Crippen LogP contribution in [0.5, 0.6) is 0 Å². The Bertz CT molecular complexity index is 456. The zero-order valence-corrected chi connectivity index (χ0v) is 7.59. The Morgan fingerprint density at radius 1 is 1.29 bits per heavy atom. The first-order chi connectivity index (χ1) is 6.92. The summed E-state index contributed by atoms with van der Waals surface area (Å²) < 4.78 is 1.83. The highest BCUT2D eigenvalue weighted by Gasteiger charge is 2.03. The molecular weight excluding hydrogens is 173 g/mol. The minimum Gasteiger partial charge on any atom is -0.364 e. The van der Waals surface area contributed by atoms with Gasteiger partial charge in [-0.15, -0.1) is 0 Å². The molecule has 0 radical (unpaired) electrons. The summed E-state index contributed by atoms with van der Waals surface area (Å²) in [6.45, 7) is 0. The molecule has 0 bridgehead atoms. The van der Waals surface area contributed by atoms with Crippen molar-refractivity contribution >= 4 is 7.41 Å². The first-order valence-electron chi connectivity index (χ1n) is 4.34. The highest BCUT2D eigenvalue weighted by Crippen LogP contribution is 2.16. The van der Waals surface area contributed by atoms with Gasteiger partial charge in [0.2, 0.25) is 0 Å². The first-order valence-corrected chi connectivity index (χ1v) is 4.34. The van der Waals surface area contributed by atoms with Crippen molar-refractivity contribution in [2.45, 2.75) is 0 Å². The van der Waals surface area contributed by atoms with E-state index in [-0.39, 0.29) is 0 Å². The molecule has 0 amide bonds. The normalized spacial score (nSPS) is 9.36. The maximum atomic E-state index is 8.61. The van der Waals surface area contributed by atoms with Crippen LogP contribution >= 0.6 is 0 Å². The Labute approximate surface area is 82.9 Å². The zero-order valence-electron chi connectivity index (χ0n) is 7.59. The molecule has 2 aromatic rings. The molecule has 2 rings (SSSR count). The third-order valence-electron chi connectivity index (χ3n) is 2.02. The van der Waals surface area contributed by atoms with Crippen molar-refractivity contribution in [2.24, 2.45) is 0 Å². The standard InChI is InChI=1S/C10H8BN3/c12-7-11-14-8-13-6-10(14)9-4-2-1-3-5-9/h1-6,8,11H. The molecule has 0 atom stereocenters. The summed E-state index contributed by atoms with van der Waals surface area (Å²) >= 11 is 0. The fourth-order valence-electron chi connectivity index (χ4n) is 1.37. The van der Waals surface area contributed by atoms with Gasteiger partial charge in [-0.05, 0) is 5.56 Å². The van der Waals surface area contributed by atoms with Crippen LogP contribution in [0.15, 0.2) is 42.9 Å². The number of nitrogens with zero attached hydrogens (tertiary/aromatic N) is 3. The van der Waals surface area contributed by atoms with Gasteiger partial charge >= 0.3 is 7.41 Å². The van der Waals surface area contributed by atoms with Gasteiger partial charge in [0.05, 0.1) is 18.2 Å². The third-order valence-corrected chi connectivity index (χ3v) is 2.02. The van der Waals surface area contributed by atoms with E-state index in [0.29, 0.717) is 7.41 Å². The van der Waals surface area contributed by atoms with Crippen molar-refractivity contribution in [2.75, 3.05) is 0 Å². The van der Waals surface area contributed by atoms with E-state index in [9.17, 15) is 0 Å². The van der Waals surface area contributed by atoms with E-state index in [1.807, 2.05) is 34.8 Å². The quantitative estimate of drug-likeness (QED) is 0.653. The Hall–Kier alpha value is -2.02. The van der Waals surface area contributed by atoms with Crippen molar-refractivity contribution in [3.63, 3.8) is 0 Å². The van der Waals surface area contributed by atoms with Crippen molar-refractivity contribution in [3.05, 3.63) is 42.9 Å². The lowest BCUT2D eigenvalue weighted by molar-refractivity contribution is 1.20. The predicted octanol–water partition coefficient (Wildman–Crippen LogP) is 1.23. The van der Waals surface area contributed by atoms with E-state index in [0.717, 1.165) is 11.3 Å².